The predicted molar refractivity (Wildman–Crippen MR) is 113 cm³/mol. The van der Waals surface area contributed by atoms with Gasteiger partial charge in [0.1, 0.15) is 0 Å². The van der Waals surface area contributed by atoms with E-state index in [-0.39, 0.29) is 26.2 Å². The summed E-state index contributed by atoms with van der Waals surface area (Å²) in [5.41, 5.74) is 0.736. The lowest BCUT2D eigenvalue weighted by molar-refractivity contribution is 0.102. The SMILES string of the molecule is CCS(=O)(=O)c1cccc(C(=O)Nc2nc3ccc(S(=O)(=O)N(C)C)cc3s2)c1. The van der Waals surface area contributed by atoms with Gasteiger partial charge in [-0.25, -0.2) is 26.1 Å². The Bertz CT molecular complexity index is 1300. The summed E-state index contributed by atoms with van der Waals surface area (Å²) in [4.78, 5) is 17.0. The van der Waals surface area contributed by atoms with Gasteiger partial charge >= 0.3 is 0 Å². The van der Waals surface area contributed by atoms with E-state index in [0.717, 1.165) is 15.6 Å². The molecule has 29 heavy (non-hydrogen) atoms. The highest BCUT2D eigenvalue weighted by atomic mass is 32.2. The molecule has 2 aromatic carbocycles. The molecule has 0 bridgehead atoms. The average Bonchev–Trinajstić information content (AvgIpc) is 3.09. The molecule has 8 nitrogen and oxygen atoms in total. The predicted octanol–water partition coefficient (Wildman–Crippen LogP) is 2.59. The van der Waals surface area contributed by atoms with Crippen LogP contribution in [0.15, 0.2) is 52.3 Å². The Hall–Kier alpha value is -2.34. The number of aromatic nitrogens is 1. The van der Waals surface area contributed by atoms with Crippen molar-refractivity contribution in [3.8, 4) is 0 Å². The van der Waals surface area contributed by atoms with E-state index in [9.17, 15) is 21.6 Å². The molecule has 154 valence electrons. The highest BCUT2D eigenvalue weighted by Gasteiger charge is 2.19. The maximum absolute atomic E-state index is 12.5. The minimum absolute atomic E-state index is 0.0614. The summed E-state index contributed by atoms with van der Waals surface area (Å²) in [7, 11) is -4.11. The van der Waals surface area contributed by atoms with Crippen molar-refractivity contribution < 1.29 is 21.6 Å². The molecule has 11 heteroatoms. The first-order chi connectivity index (χ1) is 13.5. The number of nitrogens with one attached hydrogen (secondary N) is 1. The number of rotatable bonds is 6. The molecule has 0 radical (unpaired) electrons. The summed E-state index contributed by atoms with van der Waals surface area (Å²) < 4.78 is 50.3. The van der Waals surface area contributed by atoms with Crippen LogP contribution in [0, 0.1) is 0 Å². The van der Waals surface area contributed by atoms with Gasteiger partial charge in [-0.1, -0.05) is 24.3 Å². The molecule has 0 aliphatic carbocycles. The van der Waals surface area contributed by atoms with Crippen molar-refractivity contribution in [3.63, 3.8) is 0 Å². The summed E-state index contributed by atoms with van der Waals surface area (Å²) in [5, 5.41) is 2.92. The van der Waals surface area contributed by atoms with Crippen molar-refractivity contribution in [2.24, 2.45) is 0 Å². The third kappa shape index (κ3) is 4.32. The Balaban J connectivity index is 1.89. The number of carbonyl (C=O) groups excluding carboxylic acids is 1. The van der Waals surface area contributed by atoms with Crippen LogP contribution < -0.4 is 5.32 Å². The molecule has 1 N–H and O–H groups in total. The van der Waals surface area contributed by atoms with Crippen LogP contribution in [0.2, 0.25) is 0 Å². The fraction of sp³-hybridized carbons (Fsp3) is 0.222. The average molecular weight is 454 g/mol. The zero-order valence-corrected chi connectivity index (χ0v) is 18.4. The largest absolute Gasteiger partial charge is 0.298 e. The number of anilines is 1. The van der Waals surface area contributed by atoms with E-state index in [1.54, 1.807) is 6.07 Å². The summed E-state index contributed by atoms with van der Waals surface area (Å²) in [5.74, 6) is -0.563. The van der Waals surface area contributed by atoms with Gasteiger partial charge in [0.15, 0.2) is 15.0 Å². The minimum Gasteiger partial charge on any atom is -0.298 e. The number of thiazole rings is 1. The van der Waals surface area contributed by atoms with E-state index in [1.165, 1.54) is 57.4 Å². The van der Waals surface area contributed by atoms with Crippen LogP contribution in [0.1, 0.15) is 17.3 Å². The van der Waals surface area contributed by atoms with E-state index < -0.39 is 25.8 Å². The van der Waals surface area contributed by atoms with E-state index in [4.69, 9.17) is 0 Å². The Labute approximate surface area is 173 Å². The fourth-order valence-corrected chi connectivity index (χ4v) is 5.33. The Kier molecular flexibility index (Phi) is 5.77. The van der Waals surface area contributed by atoms with Gasteiger partial charge in [0, 0.05) is 19.7 Å². The Morgan fingerprint density at radius 3 is 2.45 bits per heavy atom. The van der Waals surface area contributed by atoms with Gasteiger partial charge in [-0.15, -0.1) is 0 Å². The number of fused-ring (bicyclic) bond motifs is 1. The number of amides is 1. The quantitative estimate of drug-likeness (QED) is 0.614. The van der Waals surface area contributed by atoms with Gasteiger partial charge in [-0.05, 0) is 36.4 Å². The summed E-state index contributed by atoms with van der Waals surface area (Å²) in [6, 6.07) is 10.3. The van der Waals surface area contributed by atoms with Crippen molar-refractivity contribution in [1.82, 2.24) is 9.29 Å². The molecular formula is C18H19N3O5S3. The lowest BCUT2D eigenvalue weighted by Crippen LogP contribution is -2.22. The first kappa shape index (κ1) is 21.4. The van der Waals surface area contributed by atoms with E-state index in [1.807, 2.05) is 0 Å². The zero-order chi connectivity index (χ0) is 21.4. The van der Waals surface area contributed by atoms with Gasteiger partial charge in [-0.3, -0.25) is 10.1 Å². The second kappa shape index (κ2) is 7.82. The minimum atomic E-state index is -3.58. The molecule has 1 heterocycles. The lowest BCUT2D eigenvalue weighted by Gasteiger charge is -2.10. The maximum Gasteiger partial charge on any atom is 0.257 e. The molecule has 1 amide bonds. The highest BCUT2D eigenvalue weighted by Crippen LogP contribution is 2.29. The standard InChI is InChI=1S/C18H19N3O5S3/c1-4-28(23,24)13-7-5-6-12(10-13)17(22)20-18-19-15-9-8-14(11-16(15)27-18)29(25,26)21(2)3/h5-11H,4H2,1-3H3,(H,19,20,22). The van der Waals surface area contributed by atoms with Crippen LogP contribution in [0.4, 0.5) is 5.13 Å². The number of hydrogen-bond donors (Lipinski definition) is 1. The molecular weight excluding hydrogens is 434 g/mol. The molecule has 0 fully saturated rings. The van der Waals surface area contributed by atoms with Crippen LogP contribution in [0.5, 0.6) is 0 Å². The van der Waals surface area contributed by atoms with Crippen molar-refractivity contribution in [1.29, 1.82) is 0 Å². The van der Waals surface area contributed by atoms with Gasteiger partial charge in [0.05, 0.1) is 25.8 Å². The molecule has 0 spiro atoms. The van der Waals surface area contributed by atoms with Gasteiger partial charge in [0.25, 0.3) is 5.91 Å². The second-order valence-corrected chi connectivity index (χ2v) is 11.8. The topological polar surface area (TPSA) is 114 Å². The molecule has 0 unspecified atom stereocenters. The van der Waals surface area contributed by atoms with Crippen LogP contribution in [-0.4, -0.2) is 51.9 Å². The smallest absolute Gasteiger partial charge is 0.257 e. The van der Waals surface area contributed by atoms with Crippen molar-refractivity contribution >= 4 is 52.5 Å². The van der Waals surface area contributed by atoms with Gasteiger partial charge in [0.2, 0.25) is 10.0 Å². The van der Waals surface area contributed by atoms with Crippen LogP contribution in [-0.2, 0) is 19.9 Å². The lowest BCUT2D eigenvalue weighted by atomic mass is 10.2. The molecule has 0 saturated carbocycles. The molecule has 0 aliphatic heterocycles. The van der Waals surface area contributed by atoms with Crippen LogP contribution >= 0.6 is 11.3 Å². The first-order valence-corrected chi connectivity index (χ1v) is 12.4. The molecule has 0 aliphatic rings. The fourth-order valence-electron chi connectivity index (χ4n) is 2.50. The van der Waals surface area contributed by atoms with Crippen molar-refractivity contribution in [2.75, 3.05) is 25.2 Å². The van der Waals surface area contributed by atoms with Gasteiger partial charge in [-0.2, -0.15) is 0 Å². The number of carbonyl (C=O) groups is 1. The van der Waals surface area contributed by atoms with Crippen LogP contribution in [0.3, 0.4) is 0 Å². The highest BCUT2D eigenvalue weighted by molar-refractivity contribution is 7.91. The first-order valence-electron chi connectivity index (χ1n) is 8.52. The van der Waals surface area contributed by atoms with Crippen LogP contribution in [0.25, 0.3) is 10.2 Å². The molecule has 3 rings (SSSR count). The number of sulfone groups is 1. The monoisotopic (exact) mass is 453 g/mol. The number of nitrogens with zero attached hydrogens (tertiary/aromatic N) is 2. The number of hydrogen-bond acceptors (Lipinski definition) is 7. The van der Waals surface area contributed by atoms with E-state index in [0.29, 0.717) is 10.2 Å². The third-order valence-corrected chi connectivity index (χ3v) is 8.67. The van der Waals surface area contributed by atoms with Crippen molar-refractivity contribution in [3.05, 3.63) is 48.0 Å². The summed E-state index contributed by atoms with van der Waals surface area (Å²) in [6.45, 7) is 1.54. The summed E-state index contributed by atoms with van der Waals surface area (Å²) >= 11 is 1.13. The second-order valence-electron chi connectivity index (χ2n) is 6.32. The number of benzene rings is 2. The Morgan fingerprint density at radius 2 is 1.79 bits per heavy atom. The molecule has 3 aromatic rings. The Morgan fingerprint density at radius 1 is 1.07 bits per heavy atom. The maximum atomic E-state index is 12.5. The van der Waals surface area contributed by atoms with Crippen molar-refractivity contribution in [2.45, 2.75) is 16.7 Å². The molecule has 1 aromatic heterocycles. The van der Waals surface area contributed by atoms with Gasteiger partial charge < -0.3 is 0 Å². The summed E-state index contributed by atoms with van der Waals surface area (Å²) in [6.07, 6.45) is 0. The normalized spacial score (nSPS) is 12.4. The zero-order valence-electron chi connectivity index (χ0n) is 15.9. The van der Waals surface area contributed by atoms with E-state index >= 15 is 0 Å². The number of sulfonamides is 1. The third-order valence-electron chi connectivity index (χ3n) is 4.19. The molecule has 0 atom stereocenters. The molecule has 0 saturated heterocycles. The van der Waals surface area contributed by atoms with E-state index in [2.05, 4.69) is 10.3 Å².